The fraction of sp³-hybridized carbons (Fsp3) is 0.867. The lowest BCUT2D eigenvalue weighted by Crippen LogP contribution is -2.64. The normalized spacial score (nSPS) is 29.9. The number of piperazine rings is 1. The van der Waals surface area contributed by atoms with Gasteiger partial charge in [0, 0.05) is 6.54 Å². The maximum Gasteiger partial charge on any atom is 0.245 e. The van der Waals surface area contributed by atoms with Crippen molar-refractivity contribution < 1.29 is 9.59 Å². The van der Waals surface area contributed by atoms with Crippen molar-refractivity contribution in [1.29, 1.82) is 0 Å². The van der Waals surface area contributed by atoms with Crippen molar-refractivity contribution in [3.8, 4) is 0 Å². The standard InChI is InChI=1S/C15H26N2O2/c1-4-7-12-14(19)17(11(3)13(18)16-12)10-15(5-2)8-6-9-15/h11-12H,4-10H2,1-3H3,(H,16,18). The van der Waals surface area contributed by atoms with E-state index >= 15 is 0 Å². The molecule has 0 aromatic heterocycles. The maximum absolute atomic E-state index is 12.5. The summed E-state index contributed by atoms with van der Waals surface area (Å²) in [6.07, 6.45) is 6.41. The quantitative estimate of drug-likeness (QED) is 0.828. The number of nitrogens with zero attached hydrogens (tertiary/aromatic N) is 1. The fourth-order valence-electron chi connectivity index (χ4n) is 3.25. The van der Waals surface area contributed by atoms with Crippen LogP contribution in [0.5, 0.6) is 0 Å². The molecule has 0 radical (unpaired) electrons. The largest absolute Gasteiger partial charge is 0.343 e. The van der Waals surface area contributed by atoms with Crippen molar-refractivity contribution >= 4 is 11.8 Å². The van der Waals surface area contributed by atoms with Gasteiger partial charge in [-0.1, -0.05) is 26.7 Å². The van der Waals surface area contributed by atoms with Crippen LogP contribution in [0.3, 0.4) is 0 Å². The van der Waals surface area contributed by atoms with Gasteiger partial charge in [0.05, 0.1) is 0 Å². The molecule has 1 saturated carbocycles. The van der Waals surface area contributed by atoms with Gasteiger partial charge in [-0.15, -0.1) is 0 Å². The number of amides is 2. The lowest BCUT2D eigenvalue weighted by atomic mass is 9.66. The summed E-state index contributed by atoms with van der Waals surface area (Å²) in [7, 11) is 0. The van der Waals surface area contributed by atoms with Crippen LogP contribution in [-0.4, -0.2) is 35.3 Å². The topological polar surface area (TPSA) is 49.4 Å². The molecule has 4 nitrogen and oxygen atoms in total. The van der Waals surface area contributed by atoms with Crippen molar-refractivity contribution in [2.45, 2.75) is 71.4 Å². The second-order valence-electron chi connectivity index (χ2n) is 6.20. The van der Waals surface area contributed by atoms with Gasteiger partial charge in [0.1, 0.15) is 12.1 Å². The van der Waals surface area contributed by atoms with Crippen LogP contribution in [0.25, 0.3) is 0 Å². The molecule has 2 atom stereocenters. The van der Waals surface area contributed by atoms with E-state index in [-0.39, 0.29) is 29.3 Å². The molecule has 2 amide bonds. The lowest BCUT2D eigenvalue weighted by Gasteiger charge is -2.48. The molecule has 2 unspecified atom stereocenters. The Morgan fingerprint density at radius 2 is 2.00 bits per heavy atom. The highest BCUT2D eigenvalue weighted by molar-refractivity contribution is 5.96. The highest BCUT2D eigenvalue weighted by atomic mass is 16.2. The fourth-order valence-corrected chi connectivity index (χ4v) is 3.25. The number of carbonyl (C=O) groups is 2. The summed E-state index contributed by atoms with van der Waals surface area (Å²) in [4.78, 5) is 26.4. The molecule has 2 fully saturated rings. The smallest absolute Gasteiger partial charge is 0.245 e. The molecular weight excluding hydrogens is 240 g/mol. The molecule has 4 heteroatoms. The summed E-state index contributed by atoms with van der Waals surface area (Å²) in [5, 5.41) is 2.86. The van der Waals surface area contributed by atoms with E-state index in [1.807, 2.05) is 18.7 Å². The molecule has 1 aliphatic carbocycles. The second-order valence-corrected chi connectivity index (χ2v) is 6.20. The minimum Gasteiger partial charge on any atom is -0.343 e. The lowest BCUT2D eigenvalue weighted by molar-refractivity contribution is -0.151. The number of rotatable bonds is 5. The van der Waals surface area contributed by atoms with Crippen LogP contribution in [0.2, 0.25) is 0 Å². The van der Waals surface area contributed by atoms with Crippen molar-refractivity contribution in [2.24, 2.45) is 5.41 Å². The van der Waals surface area contributed by atoms with Crippen molar-refractivity contribution in [2.75, 3.05) is 6.54 Å². The van der Waals surface area contributed by atoms with Gasteiger partial charge in [-0.2, -0.15) is 0 Å². The highest BCUT2D eigenvalue weighted by Gasteiger charge is 2.44. The number of hydrogen-bond donors (Lipinski definition) is 1. The van der Waals surface area contributed by atoms with Crippen LogP contribution in [0.15, 0.2) is 0 Å². The van der Waals surface area contributed by atoms with Crippen LogP contribution in [0.1, 0.15) is 59.3 Å². The van der Waals surface area contributed by atoms with Crippen LogP contribution in [-0.2, 0) is 9.59 Å². The molecule has 1 saturated heterocycles. The van der Waals surface area contributed by atoms with Gasteiger partial charge in [0.15, 0.2) is 0 Å². The van der Waals surface area contributed by atoms with Gasteiger partial charge in [-0.05, 0) is 38.0 Å². The zero-order valence-electron chi connectivity index (χ0n) is 12.4. The number of carbonyl (C=O) groups excluding carboxylic acids is 2. The third-order valence-electron chi connectivity index (χ3n) is 4.99. The van der Waals surface area contributed by atoms with Gasteiger partial charge in [0.25, 0.3) is 0 Å². The Bertz CT molecular complexity index is 358. The van der Waals surface area contributed by atoms with Crippen LogP contribution in [0.4, 0.5) is 0 Å². The van der Waals surface area contributed by atoms with Gasteiger partial charge in [-0.3, -0.25) is 9.59 Å². The summed E-state index contributed by atoms with van der Waals surface area (Å²) in [6, 6.07) is -0.618. The van der Waals surface area contributed by atoms with Gasteiger partial charge in [-0.25, -0.2) is 0 Å². The van der Waals surface area contributed by atoms with E-state index in [1.54, 1.807) is 0 Å². The Balaban J connectivity index is 2.11. The summed E-state index contributed by atoms with van der Waals surface area (Å²) in [5.74, 6) is 0.123. The minimum atomic E-state index is -0.315. The molecule has 0 aromatic carbocycles. The molecule has 0 bridgehead atoms. The zero-order valence-corrected chi connectivity index (χ0v) is 12.4. The van der Waals surface area contributed by atoms with Gasteiger partial charge >= 0.3 is 0 Å². The summed E-state index contributed by atoms with van der Waals surface area (Å²) < 4.78 is 0. The molecule has 108 valence electrons. The summed E-state index contributed by atoms with van der Waals surface area (Å²) in [6.45, 7) is 6.84. The van der Waals surface area contributed by atoms with Crippen molar-refractivity contribution in [1.82, 2.24) is 10.2 Å². The van der Waals surface area contributed by atoms with E-state index in [2.05, 4.69) is 12.2 Å². The van der Waals surface area contributed by atoms with Crippen LogP contribution < -0.4 is 5.32 Å². The summed E-state index contributed by atoms with van der Waals surface area (Å²) >= 11 is 0. The SMILES string of the molecule is CCCC1NC(=O)C(C)N(CC2(CC)CCC2)C1=O. The van der Waals surface area contributed by atoms with E-state index in [0.717, 1.165) is 25.8 Å². The average Bonchev–Trinajstić information content (AvgIpc) is 2.35. The van der Waals surface area contributed by atoms with Crippen LogP contribution in [0, 0.1) is 5.41 Å². The van der Waals surface area contributed by atoms with E-state index in [0.29, 0.717) is 0 Å². The molecule has 1 aliphatic heterocycles. The molecular formula is C15H26N2O2. The Morgan fingerprint density at radius 1 is 1.32 bits per heavy atom. The molecule has 0 spiro atoms. The molecule has 2 aliphatic rings. The van der Waals surface area contributed by atoms with Crippen molar-refractivity contribution in [3.63, 3.8) is 0 Å². The van der Waals surface area contributed by atoms with Gasteiger partial charge in [0.2, 0.25) is 11.8 Å². The predicted molar refractivity (Wildman–Crippen MR) is 74.6 cm³/mol. The molecule has 1 N–H and O–H groups in total. The first-order valence-corrected chi connectivity index (χ1v) is 7.64. The predicted octanol–water partition coefficient (Wildman–Crippen LogP) is 2.08. The molecule has 1 heterocycles. The van der Waals surface area contributed by atoms with E-state index in [1.165, 1.54) is 19.3 Å². The first-order valence-electron chi connectivity index (χ1n) is 7.64. The number of hydrogen-bond acceptors (Lipinski definition) is 2. The third-order valence-corrected chi connectivity index (χ3v) is 4.99. The monoisotopic (exact) mass is 266 g/mol. The van der Waals surface area contributed by atoms with E-state index in [9.17, 15) is 9.59 Å². The third kappa shape index (κ3) is 2.63. The molecule has 2 rings (SSSR count). The second kappa shape index (κ2) is 5.51. The highest BCUT2D eigenvalue weighted by Crippen LogP contribution is 2.44. The summed E-state index contributed by atoms with van der Waals surface area (Å²) in [5.41, 5.74) is 0.276. The van der Waals surface area contributed by atoms with Crippen molar-refractivity contribution in [3.05, 3.63) is 0 Å². The Labute approximate surface area is 115 Å². The molecule has 19 heavy (non-hydrogen) atoms. The maximum atomic E-state index is 12.5. The van der Waals surface area contributed by atoms with E-state index < -0.39 is 0 Å². The zero-order chi connectivity index (χ0) is 14.0. The van der Waals surface area contributed by atoms with Gasteiger partial charge < -0.3 is 10.2 Å². The minimum absolute atomic E-state index is 0.00336. The molecule has 0 aromatic rings. The average molecular weight is 266 g/mol. The first-order chi connectivity index (χ1) is 9.03. The van der Waals surface area contributed by atoms with E-state index in [4.69, 9.17) is 0 Å². The number of nitrogens with one attached hydrogen (secondary N) is 1. The Kier molecular flexibility index (Phi) is 4.16. The first kappa shape index (κ1) is 14.4. The Morgan fingerprint density at radius 3 is 2.47 bits per heavy atom. The Hall–Kier alpha value is -1.06. The van der Waals surface area contributed by atoms with Crippen LogP contribution >= 0.6 is 0 Å².